The van der Waals surface area contributed by atoms with Crippen molar-refractivity contribution < 1.29 is 22.5 Å². The average molecular weight is 347 g/mol. The van der Waals surface area contributed by atoms with Crippen molar-refractivity contribution in [2.75, 3.05) is 6.61 Å². The molecule has 0 N–H and O–H groups in total. The van der Waals surface area contributed by atoms with Crippen LogP contribution in [0.2, 0.25) is 0 Å². The number of benzene rings is 1. The highest BCUT2D eigenvalue weighted by molar-refractivity contribution is 7.91. The van der Waals surface area contributed by atoms with E-state index >= 15 is 0 Å². The summed E-state index contributed by atoms with van der Waals surface area (Å²) in [5.74, 6) is 0.230. The molecule has 0 spiro atoms. The zero-order valence-electron chi connectivity index (χ0n) is 13.4. The molecule has 1 aliphatic carbocycles. The number of hydrogen-bond acceptors (Lipinski definition) is 3. The van der Waals surface area contributed by atoms with Crippen molar-refractivity contribution in [1.29, 1.82) is 0 Å². The largest absolute Gasteiger partial charge is 0.591 e. The zero-order valence-corrected chi connectivity index (χ0v) is 14.2. The molecule has 0 radical (unpaired) electrons. The number of alkyl halides is 3. The summed E-state index contributed by atoms with van der Waals surface area (Å²) in [6.45, 7) is 4.18. The van der Waals surface area contributed by atoms with Crippen LogP contribution in [-0.2, 0) is 17.8 Å². The Morgan fingerprint density at radius 2 is 1.91 bits per heavy atom. The smallest absolute Gasteiger partial charge is 0.422 e. The third-order valence-corrected chi connectivity index (χ3v) is 4.83. The first-order valence-electron chi connectivity index (χ1n) is 7.39. The Kier molecular flexibility index (Phi) is 5.30. The molecule has 23 heavy (non-hydrogen) atoms. The van der Waals surface area contributed by atoms with Crippen LogP contribution in [0.3, 0.4) is 0 Å². The van der Waals surface area contributed by atoms with E-state index in [2.05, 4.69) is 4.40 Å². The van der Waals surface area contributed by atoms with Crippen LogP contribution in [0.5, 0.6) is 5.75 Å². The highest BCUT2D eigenvalue weighted by Gasteiger charge is 2.31. The van der Waals surface area contributed by atoms with E-state index in [1.54, 1.807) is 12.1 Å². The fourth-order valence-corrected chi connectivity index (χ4v) is 2.95. The lowest BCUT2D eigenvalue weighted by molar-refractivity contribution is -0.153. The summed E-state index contributed by atoms with van der Waals surface area (Å²) < 4.78 is 58.1. The number of nitrogens with zero attached hydrogens (tertiary/aromatic N) is 1. The summed E-state index contributed by atoms with van der Waals surface area (Å²) in [5, 5.41) is 0. The minimum atomic E-state index is -4.37. The summed E-state index contributed by atoms with van der Waals surface area (Å²) in [5.41, 5.74) is 2.14. The molecule has 0 bridgehead atoms. The first-order valence-corrected chi connectivity index (χ1v) is 8.50. The maximum atomic E-state index is 12.4. The summed E-state index contributed by atoms with van der Waals surface area (Å²) in [7, 11) is 0. The van der Waals surface area contributed by atoms with Crippen LogP contribution in [0.25, 0.3) is 0 Å². The van der Waals surface area contributed by atoms with Crippen molar-refractivity contribution in [3.05, 3.63) is 29.3 Å². The van der Waals surface area contributed by atoms with Crippen molar-refractivity contribution >= 4 is 17.1 Å². The molecule has 0 aliphatic heterocycles. The molecule has 0 heterocycles. The Bertz CT molecular complexity index is 594. The van der Waals surface area contributed by atoms with Crippen LogP contribution >= 0.6 is 0 Å². The summed E-state index contributed by atoms with van der Waals surface area (Å²) in [6.07, 6.45) is -2.33. The van der Waals surface area contributed by atoms with E-state index in [4.69, 9.17) is 4.74 Å². The SMILES string of the molecule is CC(C)(C)[S+]([O-])/N=C1\CCCc2c(OCC(F)(F)F)cccc21. The average Bonchev–Trinajstić information content (AvgIpc) is 2.43. The first kappa shape index (κ1) is 18.1. The summed E-state index contributed by atoms with van der Waals surface area (Å²) in [6, 6.07) is 4.98. The van der Waals surface area contributed by atoms with E-state index in [1.807, 2.05) is 20.8 Å². The van der Waals surface area contributed by atoms with Gasteiger partial charge in [-0.3, -0.25) is 0 Å². The van der Waals surface area contributed by atoms with Gasteiger partial charge in [0, 0.05) is 11.1 Å². The van der Waals surface area contributed by atoms with Gasteiger partial charge in [0.2, 0.25) is 0 Å². The Morgan fingerprint density at radius 3 is 2.52 bits per heavy atom. The molecular formula is C16H20F3NO2S. The van der Waals surface area contributed by atoms with Gasteiger partial charge in [-0.2, -0.15) is 13.2 Å². The number of rotatable bonds is 3. The van der Waals surface area contributed by atoms with E-state index in [1.165, 1.54) is 6.07 Å². The zero-order chi connectivity index (χ0) is 17.3. The monoisotopic (exact) mass is 347 g/mol. The third-order valence-electron chi connectivity index (χ3n) is 3.39. The van der Waals surface area contributed by atoms with Gasteiger partial charge in [-0.25, -0.2) is 0 Å². The highest BCUT2D eigenvalue weighted by atomic mass is 32.2. The third kappa shape index (κ3) is 4.88. The molecule has 0 aromatic heterocycles. The van der Waals surface area contributed by atoms with E-state index in [-0.39, 0.29) is 5.75 Å². The quantitative estimate of drug-likeness (QED) is 0.769. The molecule has 3 nitrogen and oxygen atoms in total. The molecule has 1 atom stereocenters. The molecular weight excluding hydrogens is 327 g/mol. The van der Waals surface area contributed by atoms with Gasteiger partial charge < -0.3 is 9.29 Å². The van der Waals surface area contributed by atoms with E-state index in [9.17, 15) is 17.7 Å². The summed E-state index contributed by atoms with van der Waals surface area (Å²) in [4.78, 5) is 0. The predicted molar refractivity (Wildman–Crippen MR) is 85.4 cm³/mol. The van der Waals surface area contributed by atoms with Gasteiger partial charge in [-0.1, -0.05) is 16.5 Å². The molecule has 7 heteroatoms. The Balaban J connectivity index is 2.31. The van der Waals surface area contributed by atoms with Crippen molar-refractivity contribution in [2.45, 2.75) is 51.0 Å². The molecule has 1 aromatic carbocycles. The van der Waals surface area contributed by atoms with E-state index in [0.717, 1.165) is 12.0 Å². The van der Waals surface area contributed by atoms with Gasteiger partial charge in [-0.15, -0.1) is 0 Å². The molecule has 1 unspecified atom stereocenters. The Labute approximate surface area is 137 Å². The molecule has 0 saturated carbocycles. The second-order valence-electron chi connectivity index (χ2n) is 6.44. The molecule has 2 rings (SSSR count). The second kappa shape index (κ2) is 6.73. The van der Waals surface area contributed by atoms with Crippen molar-refractivity contribution in [3.63, 3.8) is 0 Å². The maximum absolute atomic E-state index is 12.4. The minimum absolute atomic E-state index is 0.230. The molecule has 0 fully saturated rings. The van der Waals surface area contributed by atoms with Crippen molar-refractivity contribution in [3.8, 4) is 5.75 Å². The number of halogens is 3. The predicted octanol–water partition coefficient (Wildman–Crippen LogP) is 4.22. The second-order valence-corrected chi connectivity index (χ2v) is 8.34. The standard InChI is InChI=1S/C16H20F3NO2S/c1-15(2,3)23(21)20-13-8-4-7-12-11(13)6-5-9-14(12)22-10-16(17,18)19/h5-6,9H,4,7-8,10H2,1-3H3/b20-13+. The van der Waals surface area contributed by atoms with Crippen LogP contribution in [0, 0.1) is 0 Å². The van der Waals surface area contributed by atoms with Crippen molar-refractivity contribution in [2.24, 2.45) is 4.40 Å². The fourth-order valence-electron chi connectivity index (χ4n) is 2.29. The molecule has 1 aromatic rings. The fraction of sp³-hybridized carbons (Fsp3) is 0.562. The van der Waals surface area contributed by atoms with Crippen molar-refractivity contribution in [1.82, 2.24) is 0 Å². The Hall–Kier alpha value is -1.21. The topological polar surface area (TPSA) is 44.7 Å². The maximum Gasteiger partial charge on any atom is 0.422 e. The van der Waals surface area contributed by atoms with Gasteiger partial charge in [0.05, 0.1) is 5.71 Å². The first-order chi connectivity index (χ1) is 10.6. The molecule has 0 amide bonds. The molecule has 128 valence electrons. The lowest BCUT2D eigenvalue weighted by atomic mass is 9.89. The van der Waals surface area contributed by atoms with Crippen LogP contribution in [-0.4, -0.2) is 27.8 Å². The minimum Gasteiger partial charge on any atom is -0.591 e. The summed E-state index contributed by atoms with van der Waals surface area (Å²) >= 11 is -1.40. The van der Waals surface area contributed by atoms with E-state index in [0.29, 0.717) is 24.1 Å². The lowest BCUT2D eigenvalue weighted by Crippen LogP contribution is -2.28. The molecule has 0 saturated heterocycles. The van der Waals surface area contributed by atoms with Gasteiger partial charge in [0.25, 0.3) is 0 Å². The lowest BCUT2D eigenvalue weighted by Gasteiger charge is -2.23. The van der Waals surface area contributed by atoms with Crippen LogP contribution in [0.15, 0.2) is 22.6 Å². The van der Waals surface area contributed by atoms with E-state index < -0.39 is 28.9 Å². The Morgan fingerprint density at radius 1 is 1.22 bits per heavy atom. The van der Waals surface area contributed by atoms with Crippen LogP contribution < -0.4 is 4.74 Å². The normalized spacial score (nSPS) is 18.7. The molecule has 1 aliphatic rings. The number of hydrogen-bond donors (Lipinski definition) is 0. The van der Waals surface area contributed by atoms with Gasteiger partial charge >= 0.3 is 6.18 Å². The van der Waals surface area contributed by atoms with Crippen LogP contribution in [0.4, 0.5) is 13.2 Å². The van der Waals surface area contributed by atoms with Gasteiger partial charge in [0.1, 0.15) is 21.9 Å². The van der Waals surface area contributed by atoms with Crippen LogP contribution in [0.1, 0.15) is 44.7 Å². The van der Waals surface area contributed by atoms with Gasteiger partial charge in [-0.05, 0) is 46.1 Å². The highest BCUT2D eigenvalue weighted by Crippen LogP contribution is 2.32. The number of ether oxygens (including phenoxy) is 1. The van der Waals surface area contributed by atoms with Gasteiger partial charge in [0.15, 0.2) is 6.61 Å². The number of fused-ring (bicyclic) bond motifs is 1.